The Morgan fingerprint density at radius 1 is 1.35 bits per heavy atom. The molecule has 0 unspecified atom stereocenters. The van der Waals surface area contributed by atoms with E-state index in [0.717, 1.165) is 31.0 Å². The summed E-state index contributed by atoms with van der Waals surface area (Å²) in [5, 5.41) is 7.18. The molecule has 1 aromatic rings. The van der Waals surface area contributed by atoms with Crippen LogP contribution in [0.25, 0.3) is 0 Å². The monoisotopic (exact) mass is 277 g/mol. The Morgan fingerprint density at radius 2 is 2.10 bits per heavy atom. The number of nitrogens with one attached hydrogen (secondary N) is 1. The van der Waals surface area contributed by atoms with Crippen molar-refractivity contribution in [2.75, 3.05) is 5.32 Å². The molecule has 1 amide bonds. The van der Waals surface area contributed by atoms with E-state index in [1.807, 2.05) is 17.8 Å². The van der Waals surface area contributed by atoms with E-state index in [0.29, 0.717) is 0 Å². The highest BCUT2D eigenvalue weighted by Gasteiger charge is 2.26. The van der Waals surface area contributed by atoms with Crippen molar-refractivity contribution in [3.8, 4) is 0 Å². The van der Waals surface area contributed by atoms with Crippen molar-refractivity contribution in [3.05, 3.63) is 12.4 Å². The van der Waals surface area contributed by atoms with Crippen LogP contribution in [0.5, 0.6) is 0 Å². The van der Waals surface area contributed by atoms with Crippen LogP contribution in [0.3, 0.4) is 0 Å². The smallest absolute Gasteiger partial charge is 0.227 e. The van der Waals surface area contributed by atoms with Crippen LogP contribution in [0.15, 0.2) is 12.4 Å². The number of nitrogens with zero attached hydrogens (tertiary/aromatic N) is 2. The lowest BCUT2D eigenvalue weighted by molar-refractivity contribution is -0.121. The molecular weight excluding hydrogens is 250 g/mol. The third-order valence-corrected chi connectivity index (χ3v) is 4.41. The number of hydrogen-bond donors (Lipinski definition) is 1. The Bertz CT molecular complexity index is 419. The third-order valence-electron chi connectivity index (χ3n) is 4.41. The molecule has 1 heterocycles. The van der Waals surface area contributed by atoms with Gasteiger partial charge in [0.1, 0.15) is 0 Å². The van der Waals surface area contributed by atoms with Crippen LogP contribution in [0, 0.1) is 11.8 Å². The van der Waals surface area contributed by atoms with E-state index in [9.17, 15) is 4.79 Å². The van der Waals surface area contributed by atoms with E-state index in [2.05, 4.69) is 17.3 Å². The summed E-state index contributed by atoms with van der Waals surface area (Å²) in [4.78, 5) is 12.2. The first-order valence-corrected chi connectivity index (χ1v) is 8.06. The Hall–Kier alpha value is -1.32. The van der Waals surface area contributed by atoms with Gasteiger partial charge in [-0.05, 0) is 38.5 Å². The zero-order chi connectivity index (χ0) is 14.4. The zero-order valence-electron chi connectivity index (χ0n) is 12.8. The van der Waals surface area contributed by atoms with Crippen molar-refractivity contribution < 1.29 is 4.79 Å². The number of rotatable bonds is 6. The van der Waals surface area contributed by atoms with Crippen molar-refractivity contribution in [2.24, 2.45) is 11.8 Å². The van der Waals surface area contributed by atoms with Crippen LogP contribution in [0.1, 0.15) is 58.8 Å². The van der Waals surface area contributed by atoms with Gasteiger partial charge in [-0.2, -0.15) is 5.10 Å². The molecule has 112 valence electrons. The normalized spacial score (nSPS) is 22.7. The standard InChI is InChI=1S/C16H27N3O/c1-3-5-6-13-7-9-14(10-8-13)16(20)18-15-11-17-19(4-2)12-15/h11-14H,3-10H2,1-2H3,(H,18,20). The Labute approximate surface area is 121 Å². The number of aromatic nitrogens is 2. The fourth-order valence-corrected chi connectivity index (χ4v) is 3.05. The number of amides is 1. The average molecular weight is 277 g/mol. The topological polar surface area (TPSA) is 46.9 Å². The van der Waals surface area contributed by atoms with E-state index >= 15 is 0 Å². The molecule has 0 radical (unpaired) electrons. The molecule has 0 spiro atoms. The van der Waals surface area contributed by atoms with Gasteiger partial charge in [-0.15, -0.1) is 0 Å². The Balaban J connectivity index is 1.76. The number of carbonyl (C=O) groups excluding carboxylic acids is 1. The SMILES string of the molecule is CCCCC1CCC(C(=O)Nc2cnn(CC)c2)CC1. The highest BCUT2D eigenvalue weighted by Crippen LogP contribution is 2.32. The minimum atomic E-state index is 0.176. The van der Waals surface area contributed by atoms with Gasteiger partial charge in [0, 0.05) is 18.7 Å². The summed E-state index contributed by atoms with van der Waals surface area (Å²) in [6.07, 6.45) is 12.1. The molecule has 1 aliphatic carbocycles. The summed E-state index contributed by atoms with van der Waals surface area (Å²) in [6, 6.07) is 0. The quantitative estimate of drug-likeness (QED) is 0.858. The molecule has 4 heteroatoms. The van der Waals surface area contributed by atoms with Crippen LogP contribution < -0.4 is 5.32 Å². The van der Waals surface area contributed by atoms with Gasteiger partial charge in [0.05, 0.1) is 11.9 Å². The minimum absolute atomic E-state index is 0.176. The lowest BCUT2D eigenvalue weighted by Gasteiger charge is -2.27. The summed E-state index contributed by atoms with van der Waals surface area (Å²) >= 11 is 0. The maximum atomic E-state index is 12.2. The minimum Gasteiger partial charge on any atom is -0.323 e. The number of aryl methyl sites for hydroxylation is 1. The van der Waals surface area contributed by atoms with Gasteiger partial charge in [-0.1, -0.05) is 26.2 Å². The number of unbranched alkanes of at least 4 members (excludes halogenated alkanes) is 1. The summed E-state index contributed by atoms with van der Waals surface area (Å²) < 4.78 is 1.83. The van der Waals surface area contributed by atoms with Gasteiger partial charge in [-0.3, -0.25) is 9.48 Å². The van der Waals surface area contributed by atoms with Gasteiger partial charge < -0.3 is 5.32 Å². The molecule has 0 bridgehead atoms. The van der Waals surface area contributed by atoms with Gasteiger partial charge in [0.2, 0.25) is 5.91 Å². The first-order valence-electron chi connectivity index (χ1n) is 8.06. The van der Waals surface area contributed by atoms with Crippen LogP contribution >= 0.6 is 0 Å². The third kappa shape index (κ3) is 4.09. The molecule has 1 aromatic heterocycles. The fourth-order valence-electron chi connectivity index (χ4n) is 3.05. The van der Waals surface area contributed by atoms with Crippen molar-refractivity contribution >= 4 is 11.6 Å². The van der Waals surface area contributed by atoms with E-state index in [1.54, 1.807) is 6.20 Å². The Morgan fingerprint density at radius 3 is 2.70 bits per heavy atom. The first kappa shape index (κ1) is 15.1. The number of anilines is 1. The summed E-state index contributed by atoms with van der Waals surface area (Å²) in [5.74, 6) is 1.22. The van der Waals surface area contributed by atoms with E-state index in [4.69, 9.17) is 0 Å². The molecule has 2 rings (SSSR count). The summed E-state index contributed by atoms with van der Waals surface area (Å²) in [6.45, 7) is 5.12. The highest BCUT2D eigenvalue weighted by atomic mass is 16.1. The second kappa shape index (κ2) is 7.46. The lowest BCUT2D eigenvalue weighted by Crippen LogP contribution is -2.27. The first-order chi connectivity index (χ1) is 9.72. The van der Waals surface area contributed by atoms with E-state index in [1.165, 1.54) is 32.1 Å². The predicted octanol–water partition coefficient (Wildman–Crippen LogP) is 3.84. The average Bonchev–Trinajstić information content (AvgIpc) is 2.93. The van der Waals surface area contributed by atoms with Crippen LogP contribution in [-0.2, 0) is 11.3 Å². The van der Waals surface area contributed by atoms with Crippen molar-refractivity contribution in [3.63, 3.8) is 0 Å². The van der Waals surface area contributed by atoms with E-state index in [-0.39, 0.29) is 11.8 Å². The number of hydrogen-bond acceptors (Lipinski definition) is 2. The zero-order valence-corrected chi connectivity index (χ0v) is 12.8. The molecule has 0 atom stereocenters. The highest BCUT2D eigenvalue weighted by molar-refractivity contribution is 5.92. The molecule has 0 aromatic carbocycles. The van der Waals surface area contributed by atoms with Crippen molar-refractivity contribution in [2.45, 2.75) is 65.3 Å². The van der Waals surface area contributed by atoms with Gasteiger partial charge in [0.15, 0.2) is 0 Å². The number of carbonyl (C=O) groups is 1. The van der Waals surface area contributed by atoms with Crippen LogP contribution in [0.2, 0.25) is 0 Å². The molecule has 1 fully saturated rings. The molecule has 20 heavy (non-hydrogen) atoms. The van der Waals surface area contributed by atoms with E-state index < -0.39 is 0 Å². The maximum absolute atomic E-state index is 12.2. The maximum Gasteiger partial charge on any atom is 0.227 e. The summed E-state index contributed by atoms with van der Waals surface area (Å²) in [7, 11) is 0. The van der Waals surface area contributed by atoms with Gasteiger partial charge >= 0.3 is 0 Å². The molecule has 1 N–H and O–H groups in total. The van der Waals surface area contributed by atoms with Gasteiger partial charge in [0.25, 0.3) is 0 Å². The Kier molecular flexibility index (Phi) is 5.62. The molecule has 4 nitrogen and oxygen atoms in total. The largest absolute Gasteiger partial charge is 0.323 e. The molecule has 0 aliphatic heterocycles. The second-order valence-electron chi connectivity index (χ2n) is 5.93. The molecule has 0 saturated heterocycles. The molecule has 1 aliphatic rings. The second-order valence-corrected chi connectivity index (χ2v) is 5.93. The molecular formula is C16H27N3O. The predicted molar refractivity (Wildman–Crippen MR) is 81.5 cm³/mol. The van der Waals surface area contributed by atoms with Crippen LogP contribution in [-0.4, -0.2) is 15.7 Å². The van der Waals surface area contributed by atoms with Crippen molar-refractivity contribution in [1.29, 1.82) is 0 Å². The molecule has 1 saturated carbocycles. The lowest BCUT2D eigenvalue weighted by atomic mass is 9.79. The summed E-state index contributed by atoms with van der Waals surface area (Å²) in [5.41, 5.74) is 0.824. The fraction of sp³-hybridized carbons (Fsp3) is 0.750. The van der Waals surface area contributed by atoms with Gasteiger partial charge in [-0.25, -0.2) is 0 Å². The van der Waals surface area contributed by atoms with Crippen LogP contribution in [0.4, 0.5) is 5.69 Å². The van der Waals surface area contributed by atoms with Crippen molar-refractivity contribution in [1.82, 2.24) is 9.78 Å².